The van der Waals surface area contributed by atoms with Crippen LogP contribution in [0.3, 0.4) is 0 Å². The average Bonchev–Trinajstić information content (AvgIpc) is 2.29. The number of aryl methyl sites for hydroxylation is 1. The number of hydrogen-bond acceptors (Lipinski definition) is 5. The fourth-order valence-corrected chi connectivity index (χ4v) is 1.49. The Balaban J connectivity index is 0.000000362. The van der Waals surface area contributed by atoms with Crippen LogP contribution in [0.25, 0.3) is 0 Å². The molecule has 19 heavy (non-hydrogen) atoms. The largest absolute Gasteiger partial charge is 0.480 e. The first-order chi connectivity index (χ1) is 8.77. The maximum Gasteiger partial charge on any atom is 0.317 e. The van der Waals surface area contributed by atoms with E-state index in [9.17, 15) is 13.2 Å². The van der Waals surface area contributed by atoms with Crippen molar-refractivity contribution in [3.8, 4) is 0 Å². The van der Waals surface area contributed by atoms with Crippen LogP contribution >= 0.6 is 0 Å². The molecule has 1 rings (SSSR count). The molecule has 0 amide bonds. The smallest absolute Gasteiger partial charge is 0.317 e. The van der Waals surface area contributed by atoms with E-state index in [1.54, 1.807) is 12.1 Å². The number of hydrogen-bond donors (Lipinski definition) is 4. The number of rotatable bonds is 5. The highest BCUT2D eigenvalue weighted by Gasteiger charge is 2.06. The van der Waals surface area contributed by atoms with Gasteiger partial charge < -0.3 is 16.2 Å². The Morgan fingerprint density at radius 3 is 2.21 bits per heavy atom. The van der Waals surface area contributed by atoms with Crippen LogP contribution in [0.15, 0.2) is 29.2 Å². The van der Waals surface area contributed by atoms with E-state index >= 15 is 0 Å². The molecule has 0 heterocycles. The van der Waals surface area contributed by atoms with Gasteiger partial charge in [0, 0.05) is 13.1 Å². The van der Waals surface area contributed by atoms with Crippen molar-refractivity contribution in [1.82, 2.24) is 5.32 Å². The van der Waals surface area contributed by atoms with E-state index in [0.29, 0.717) is 13.1 Å². The molecule has 7 nitrogen and oxygen atoms in total. The number of benzene rings is 1. The van der Waals surface area contributed by atoms with E-state index in [1.807, 2.05) is 6.92 Å². The monoisotopic (exact) mass is 290 g/mol. The van der Waals surface area contributed by atoms with Gasteiger partial charge in [-0.3, -0.25) is 9.35 Å². The third-order valence-corrected chi connectivity index (χ3v) is 2.78. The predicted molar refractivity (Wildman–Crippen MR) is 70.6 cm³/mol. The molecule has 5 N–H and O–H groups in total. The zero-order chi connectivity index (χ0) is 14.9. The Bertz CT molecular complexity index is 484. The second-order valence-corrected chi connectivity index (χ2v) is 5.07. The van der Waals surface area contributed by atoms with E-state index in [2.05, 4.69) is 5.32 Å². The Morgan fingerprint density at radius 2 is 1.84 bits per heavy atom. The van der Waals surface area contributed by atoms with Crippen LogP contribution in [0.2, 0.25) is 0 Å². The van der Waals surface area contributed by atoms with Crippen molar-refractivity contribution in [3.05, 3.63) is 29.8 Å². The molecule has 0 spiro atoms. The van der Waals surface area contributed by atoms with Gasteiger partial charge in [0.15, 0.2) is 0 Å². The van der Waals surface area contributed by atoms with Crippen molar-refractivity contribution < 1.29 is 22.9 Å². The molecular formula is C11H18N2O5S. The summed E-state index contributed by atoms with van der Waals surface area (Å²) in [5, 5.41) is 10.6. The van der Waals surface area contributed by atoms with E-state index in [4.69, 9.17) is 15.4 Å². The molecule has 0 bridgehead atoms. The van der Waals surface area contributed by atoms with Crippen LogP contribution < -0.4 is 11.1 Å². The van der Waals surface area contributed by atoms with Crippen molar-refractivity contribution in [2.45, 2.75) is 11.8 Å². The first kappa shape index (κ1) is 17.5. The molecular weight excluding hydrogens is 272 g/mol. The van der Waals surface area contributed by atoms with Gasteiger partial charge in [0.05, 0.1) is 11.4 Å². The topological polar surface area (TPSA) is 130 Å². The number of nitrogens with one attached hydrogen (secondary N) is 1. The minimum Gasteiger partial charge on any atom is -0.480 e. The molecule has 0 aliphatic heterocycles. The first-order valence-corrected chi connectivity index (χ1v) is 6.88. The van der Waals surface area contributed by atoms with Gasteiger partial charge in [-0.05, 0) is 19.1 Å². The lowest BCUT2D eigenvalue weighted by atomic mass is 10.2. The molecule has 1 aromatic carbocycles. The lowest BCUT2D eigenvalue weighted by Gasteiger charge is -1.95. The molecule has 108 valence electrons. The van der Waals surface area contributed by atoms with Gasteiger partial charge in [-0.1, -0.05) is 17.7 Å². The van der Waals surface area contributed by atoms with E-state index in [-0.39, 0.29) is 11.4 Å². The van der Waals surface area contributed by atoms with E-state index in [1.165, 1.54) is 12.1 Å². The van der Waals surface area contributed by atoms with Crippen LogP contribution in [0, 0.1) is 6.92 Å². The van der Waals surface area contributed by atoms with Crippen LogP contribution in [0.4, 0.5) is 0 Å². The summed E-state index contributed by atoms with van der Waals surface area (Å²) < 4.78 is 29.6. The van der Waals surface area contributed by atoms with Crippen molar-refractivity contribution in [1.29, 1.82) is 0 Å². The molecule has 0 aliphatic carbocycles. The Hall–Kier alpha value is -1.48. The molecule has 1 aromatic rings. The van der Waals surface area contributed by atoms with Crippen LogP contribution in [0.1, 0.15) is 5.56 Å². The maximum absolute atomic E-state index is 10.5. The summed E-state index contributed by atoms with van der Waals surface area (Å²) in [5.74, 6) is -0.849. The fraction of sp³-hybridized carbons (Fsp3) is 0.364. The van der Waals surface area contributed by atoms with Gasteiger partial charge in [0.25, 0.3) is 10.1 Å². The zero-order valence-electron chi connectivity index (χ0n) is 10.5. The molecule has 8 heteroatoms. The van der Waals surface area contributed by atoms with Gasteiger partial charge in [-0.15, -0.1) is 0 Å². The zero-order valence-corrected chi connectivity index (χ0v) is 11.4. The first-order valence-electron chi connectivity index (χ1n) is 5.44. The second-order valence-electron chi connectivity index (χ2n) is 3.65. The second kappa shape index (κ2) is 8.59. The van der Waals surface area contributed by atoms with E-state index in [0.717, 1.165) is 5.56 Å². The molecule has 0 unspecified atom stereocenters. The number of aliphatic carboxylic acids is 1. The summed E-state index contributed by atoms with van der Waals surface area (Å²) in [4.78, 5) is 9.70. The molecule has 0 radical (unpaired) electrons. The Labute approximate surface area is 112 Å². The summed E-state index contributed by atoms with van der Waals surface area (Å²) in [6.45, 7) is 2.88. The van der Waals surface area contributed by atoms with Gasteiger partial charge in [-0.2, -0.15) is 8.42 Å². The summed E-state index contributed by atoms with van der Waals surface area (Å²) in [6, 6.07) is 5.99. The van der Waals surface area contributed by atoms with Crippen molar-refractivity contribution in [2.24, 2.45) is 5.73 Å². The van der Waals surface area contributed by atoms with Crippen LogP contribution in [0.5, 0.6) is 0 Å². The fourth-order valence-electron chi connectivity index (χ4n) is 1.01. The highest BCUT2D eigenvalue weighted by molar-refractivity contribution is 7.85. The Morgan fingerprint density at radius 1 is 1.32 bits per heavy atom. The lowest BCUT2D eigenvalue weighted by Crippen LogP contribution is -2.27. The maximum atomic E-state index is 10.5. The van der Waals surface area contributed by atoms with Gasteiger partial charge in [-0.25, -0.2) is 0 Å². The molecule has 0 saturated heterocycles. The standard InChI is InChI=1S/C7H8O3S.C4H10N2O2/c1-6-2-4-7(5-3-6)11(8,9)10;5-1-2-6-3-4(7)8/h2-5H,1H3,(H,8,9,10);6H,1-3,5H2,(H,7,8). The van der Waals surface area contributed by atoms with Crippen LogP contribution in [-0.2, 0) is 14.9 Å². The highest BCUT2D eigenvalue weighted by Crippen LogP contribution is 2.08. The predicted octanol–water partition coefficient (Wildman–Crippen LogP) is -0.139. The van der Waals surface area contributed by atoms with Gasteiger partial charge >= 0.3 is 5.97 Å². The number of carbonyl (C=O) groups is 1. The number of carboxylic acids is 1. The Kier molecular flexibility index (Phi) is 7.92. The van der Waals surface area contributed by atoms with Gasteiger partial charge in [0.2, 0.25) is 0 Å². The van der Waals surface area contributed by atoms with Gasteiger partial charge in [0.1, 0.15) is 0 Å². The third-order valence-electron chi connectivity index (χ3n) is 1.92. The number of carboxylic acid groups (broad SMARTS) is 1. The van der Waals surface area contributed by atoms with Crippen molar-refractivity contribution in [2.75, 3.05) is 19.6 Å². The third kappa shape index (κ3) is 9.14. The highest BCUT2D eigenvalue weighted by atomic mass is 32.2. The summed E-state index contributed by atoms with van der Waals surface area (Å²) in [6.07, 6.45) is 0. The SMILES string of the molecule is Cc1ccc(S(=O)(=O)O)cc1.NCCNCC(=O)O. The lowest BCUT2D eigenvalue weighted by molar-refractivity contribution is -0.135. The van der Waals surface area contributed by atoms with E-state index < -0.39 is 16.1 Å². The molecule has 0 fully saturated rings. The molecule has 0 aliphatic rings. The molecule has 0 saturated carbocycles. The molecule has 0 atom stereocenters. The van der Waals surface area contributed by atoms with Crippen LogP contribution in [-0.4, -0.2) is 43.7 Å². The summed E-state index contributed by atoms with van der Waals surface area (Å²) in [7, 11) is -4.02. The van der Waals surface area contributed by atoms with Crippen molar-refractivity contribution in [3.63, 3.8) is 0 Å². The minimum atomic E-state index is -4.02. The van der Waals surface area contributed by atoms with Crippen molar-refractivity contribution >= 4 is 16.1 Å². The summed E-state index contributed by atoms with van der Waals surface area (Å²) in [5.41, 5.74) is 6.02. The summed E-state index contributed by atoms with van der Waals surface area (Å²) >= 11 is 0. The normalized spacial score (nSPS) is 10.5. The number of nitrogens with two attached hydrogens (primary N) is 1. The molecule has 0 aromatic heterocycles. The minimum absolute atomic E-state index is 0.00278. The average molecular weight is 290 g/mol. The quantitative estimate of drug-likeness (QED) is 0.438.